The highest BCUT2D eigenvalue weighted by atomic mass is 16.2. The molecular weight excluding hydrogens is 404 g/mol. The second-order valence-electron chi connectivity index (χ2n) is 7.80. The van der Waals surface area contributed by atoms with Gasteiger partial charge >= 0.3 is 0 Å². The minimum absolute atomic E-state index is 0.208. The van der Waals surface area contributed by atoms with Gasteiger partial charge in [0.25, 0.3) is 5.91 Å². The zero-order valence-corrected chi connectivity index (χ0v) is 17.1. The van der Waals surface area contributed by atoms with Gasteiger partial charge in [-0.15, -0.1) is 0 Å². The zero-order valence-electron chi connectivity index (χ0n) is 17.1. The Morgan fingerprint density at radius 2 is 2.03 bits per heavy atom. The van der Waals surface area contributed by atoms with Gasteiger partial charge in [0.15, 0.2) is 18.9 Å². The van der Waals surface area contributed by atoms with Gasteiger partial charge in [0, 0.05) is 25.5 Å². The summed E-state index contributed by atoms with van der Waals surface area (Å²) >= 11 is 0. The lowest BCUT2D eigenvalue weighted by Crippen LogP contribution is -2.56. The maximum atomic E-state index is 13.2. The van der Waals surface area contributed by atoms with E-state index in [4.69, 9.17) is 11.5 Å². The number of hydrogen-bond acceptors (Lipinski definition) is 5. The number of carbonyl (C=O) groups excluding carboxylic acids is 5. The van der Waals surface area contributed by atoms with Crippen molar-refractivity contribution >= 4 is 29.5 Å². The van der Waals surface area contributed by atoms with Crippen LogP contribution in [0.15, 0.2) is 24.5 Å². The molecule has 3 heterocycles. The first-order valence-corrected chi connectivity index (χ1v) is 10.2. The molecular formula is C20H27N6O5+. The molecule has 1 aromatic rings. The van der Waals surface area contributed by atoms with E-state index in [0.717, 1.165) is 0 Å². The Balaban J connectivity index is 1.75. The number of pyridine rings is 1. The average Bonchev–Trinajstić information content (AvgIpc) is 3.40. The molecule has 3 atom stereocenters. The van der Waals surface area contributed by atoms with Crippen LogP contribution in [0.1, 0.15) is 42.5 Å². The molecule has 0 radical (unpaired) electrons. The monoisotopic (exact) mass is 431 g/mol. The van der Waals surface area contributed by atoms with Crippen molar-refractivity contribution in [3.63, 3.8) is 0 Å². The Hall–Kier alpha value is -3.50. The molecule has 11 heteroatoms. The van der Waals surface area contributed by atoms with Crippen molar-refractivity contribution in [2.45, 2.75) is 56.8 Å². The molecule has 2 fully saturated rings. The van der Waals surface area contributed by atoms with Crippen LogP contribution in [0.3, 0.4) is 0 Å². The van der Waals surface area contributed by atoms with Gasteiger partial charge in [0.1, 0.15) is 23.7 Å². The van der Waals surface area contributed by atoms with Crippen molar-refractivity contribution in [2.24, 2.45) is 11.5 Å². The van der Waals surface area contributed by atoms with Gasteiger partial charge in [-0.3, -0.25) is 24.0 Å². The van der Waals surface area contributed by atoms with Gasteiger partial charge in [-0.25, -0.2) is 4.57 Å². The molecule has 0 spiro atoms. The number of rotatable bonds is 8. The lowest BCUT2D eigenvalue weighted by molar-refractivity contribution is -0.697. The summed E-state index contributed by atoms with van der Waals surface area (Å²) < 4.78 is 1.69. The number of nitrogens with one attached hydrogen (secondary N) is 2. The first-order chi connectivity index (χ1) is 14.8. The van der Waals surface area contributed by atoms with E-state index in [0.29, 0.717) is 37.9 Å². The Bertz CT molecular complexity index is 904. The van der Waals surface area contributed by atoms with Crippen LogP contribution >= 0.6 is 0 Å². The maximum absolute atomic E-state index is 13.2. The van der Waals surface area contributed by atoms with Gasteiger partial charge in [0.2, 0.25) is 23.6 Å². The van der Waals surface area contributed by atoms with E-state index < -0.39 is 41.8 Å². The van der Waals surface area contributed by atoms with Gasteiger partial charge in [-0.05, 0) is 25.3 Å². The Morgan fingerprint density at radius 1 is 1.26 bits per heavy atom. The summed E-state index contributed by atoms with van der Waals surface area (Å²) in [6.07, 6.45) is 5.22. The number of amides is 5. The SMILES string of the molecule is NC(=O)c1ccc[n+](CC[C@H](NC(=O)[C@@H]2CCC(=O)N2)C(=O)N2CCC[C@H]2C(N)=O)c1. The summed E-state index contributed by atoms with van der Waals surface area (Å²) in [5, 5.41) is 5.30. The van der Waals surface area contributed by atoms with Crippen LogP contribution < -0.4 is 26.7 Å². The summed E-state index contributed by atoms with van der Waals surface area (Å²) in [6, 6.07) is 0.915. The molecule has 2 aliphatic heterocycles. The van der Waals surface area contributed by atoms with E-state index in [2.05, 4.69) is 10.6 Å². The molecule has 11 nitrogen and oxygen atoms in total. The molecule has 0 saturated carbocycles. The predicted molar refractivity (Wildman–Crippen MR) is 107 cm³/mol. The normalized spacial score (nSPS) is 21.4. The topological polar surface area (TPSA) is 169 Å². The number of aromatic nitrogens is 1. The lowest BCUT2D eigenvalue weighted by atomic mass is 10.1. The highest BCUT2D eigenvalue weighted by Gasteiger charge is 2.38. The van der Waals surface area contributed by atoms with Crippen LogP contribution in [0.4, 0.5) is 0 Å². The first kappa shape index (κ1) is 22.2. The number of hydrogen-bond donors (Lipinski definition) is 4. The first-order valence-electron chi connectivity index (χ1n) is 10.2. The number of likely N-dealkylation sites (tertiary alicyclic amines) is 1. The van der Waals surface area contributed by atoms with Gasteiger partial charge in [-0.1, -0.05) is 0 Å². The van der Waals surface area contributed by atoms with Crippen molar-refractivity contribution < 1.29 is 28.5 Å². The van der Waals surface area contributed by atoms with E-state index in [9.17, 15) is 24.0 Å². The van der Waals surface area contributed by atoms with E-state index in [1.54, 1.807) is 29.1 Å². The molecule has 1 aromatic heterocycles. The standard InChI is InChI=1S/C20H26N6O5/c21-17(28)12-3-1-8-25(11-12)10-7-14(24-19(30)13-5-6-16(27)23-13)20(31)26-9-2-4-15(26)18(22)29/h1,3,8,11,13-15H,2,4-7,9-10H2,(H5-,21,22,23,24,27,28,29,30)/p+1/t13-,14-,15-/m0/s1. The molecule has 6 N–H and O–H groups in total. The highest BCUT2D eigenvalue weighted by Crippen LogP contribution is 2.19. The van der Waals surface area contributed by atoms with Gasteiger partial charge < -0.3 is 27.0 Å². The van der Waals surface area contributed by atoms with E-state index in [1.807, 2.05) is 0 Å². The molecule has 2 saturated heterocycles. The second kappa shape index (κ2) is 9.54. The molecule has 5 amide bonds. The Labute approximate surface area is 179 Å². The fourth-order valence-corrected chi connectivity index (χ4v) is 3.95. The van der Waals surface area contributed by atoms with Crippen LogP contribution in [0.5, 0.6) is 0 Å². The van der Waals surface area contributed by atoms with Crippen LogP contribution in [-0.4, -0.2) is 59.1 Å². The third-order valence-electron chi connectivity index (χ3n) is 5.61. The van der Waals surface area contributed by atoms with Gasteiger partial charge in [-0.2, -0.15) is 0 Å². The molecule has 0 aromatic carbocycles. The van der Waals surface area contributed by atoms with Crippen molar-refractivity contribution in [1.82, 2.24) is 15.5 Å². The van der Waals surface area contributed by atoms with Crippen LogP contribution in [0.25, 0.3) is 0 Å². The molecule has 0 aliphatic carbocycles. The Kier molecular flexibility index (Phi) is 6.83. The van der Waals surface area contributed by atoms with E-state index in [1.165, 1.54) is 4.90 Å². The summed E-state index contributed by atoms with van der Waals surface area (Å²) in [4.78, 5) is 61.8. The molecule has 0 unspecified atom stereocenters. The van der Waals surface area contributed by atoms with E-state index in [-0.39, 0.29) is 18.7 Å². The number of nitrogens with zero attached hydrogens (tertiary/aromatic N) is 2. The summed E-state index contributed by atoms with van der Waals surface area (Å²) in [5.41, 5.74) is 11.1. The quantitative estimate of drug-likeness (QED) is 0.339. The smallest absolute Gasteiger partial charge is 0.254 e. The number of nitrogens with two attached hydrogens (primary N) is 2. The Morgan fingerprint density at radius 3 is 2.68 bits per heavy atom. The largest absolute Gasteiger partial charge is 0.368 e. The molecule has 3 rings (SSSR count). The fraction of sp³-hybridized carbons (Fsp3) is 0.500. The highest BCUT2D eigenvalue weighted by molar-refractivity contribution is 5.95. The van der Waals surface area contributed by atoms with Crippen molar-refractivity contribution in [2.75, 3.05) is 6.54 Å². The fourth-order valence-electron chi connectivity index (χ4n) is 3.95. The lowest BCUT2D eigenvalue weighted by Gasteiger charge is -2.28. The predicted octanol–water partition coefficient (Wildman–Crippen LogP) is -2.30. The van der Waals surface area contributed by atoms with Crippen LogP contribution in [0, 0.1) is 0 Å². The van der Waals surface area contributed by atoms with Gasteiger partial charge in [0.05, 0.1) is 0 Å². The molecule has 31 heavy (non-hydrogen) atoms. The van der Waals surface area contributed by atoms with Crippen molar-refractivity contribution in [3.05, 3.63) is 30.1 Å². The van der Waals surface area contributed by atoms with Crippen molar-refractivity contribution in [3.8, 4) is 0 Å². The van der Waals surface area contributed by atoms with Crippen LogP contribution in [-0.2, 0) is 25.7 Å². The molecule has 166 valence electrons. The van der Waals surface area contributed by atoms with Crippen molar-refractivity contribution in [1.29, 1.82) is 0 Å². The van der Waals surface area contributed by atoms with E-state index >= 15 is 0 Å². The number of carbonyl (C=O) groups is 5. The number of aryl methyl sites for hydroxylation is 1. The average molecular weight is 431 g/mol. The second-order valence-corrected chi connectivity index (χ2v) is 7.80. The third kappa shape index (κ3) is 5.36. The zero-order chi connectivity index (χ0) is 22.5. The maximum Gasteiger partial charge on any atom is 0.254 e. The summed E-state index contributed by atoms with van der Waals surface area (Å²) in [7, 11) is 0. The molecule has 2 aliphatic rings. The minimum atomic E-state index is -0.922. The molecule has 0 bridgehead atoms. The third-order valence-corrected chi connectivity index (χ3v) is 5.61. The number of primary amides is 2. The summed E-state index contributed by atoms with van der Waals surface area (Å²) in [5.74, 6) is -2.22. The summed E-state index contributed by atoms with van der Waals surface area (Å²) in [6.45, 7) is 0.688. The van der Waals surface area contributed by atoms with Crippen LogP contribution in [0.2, 0.25) is 0 Å². The minimum Gasteiger partial charge on any atom is -0.368 e.